The maximum atomic E-state index is 12.4. The number of aromatic nitrogens is 1. The zero-order chi connectivity index (χ0) is 15.5. The molecular formula is C17H24N4O. The van der Waals surface area contributed by atoms with Gasteiger partial charge >= 0.3 is 0 Å². The monoisotopic (exact) mass is 300 g/mol. The number of nitriles is 1. The summed E-state index contributed by atoms with van der Waals surface area (Å²) in [6, 6.07) is 4.16. The molecule has 118 valence electrons. The maximum Gasteiger partial charge on any atom is 0.225 e. The van der Waals surface area contributed by atoms with E-state index in [1.165, 1.54) is 12.0 Å². The number of carbonyl (C=O) groups is 1. The fourth-order valence-electron chi connectivity index (χ4n) is 3.35. The number of aryl methyl sites for hydroxylation is 1. The smallest absolute Gasteiger partial charge is 0.225 e. The predicted molar refractivity (Wildman–Crippen MR) is 83.9 cm³/mol. The summed E-state index contributed by atoms with van der Waals surface area (Å²) < 4.78 is 1.87. The van der Waals surface area contributed by atoms with Crippen molar-refractivity contribution in [1.82, 2.24) is 14.4 Å². The van der Waals surface area contributed by atoms with Crippen LogP contribution in [0.25, 0.3) is 0 Å². The van der Waals surface area contributed by atoms with Crippen molar-refractivity contribution in [1.29, 1.82) is 5.26 Å². The number of hydrogen-bond acceptors (Lipinski definition) is 3. The molecule has 1 saturated carbocycles. The topological polar surface area (TPSA) is 52.3 Å². The molecule has 1 aromatic rings. The molecule has 1 amide bonds. The van der Waals surface area contributed by atoms with E-state index in [1.54, 1.807) is 0 Å². The lowest BCUT2D eigenvalue weighted by atomic mass is 9.84. The van der Waals surface area contributed by atoms with Gasteiger partial charge in [0.2, 0.25) is 5.91 Å². The molecular weight excluding hydrogens is 276 g/mol. The van der Waals surface area contributed by atoms with Crippen LogP contribution in [0.3, 0.4) is 0 Å². The highest BCUT2D eigenvalue weighted by molar-refractivity contribution is 5.79. The van der Waals surface area contributed by atoms with E-state index >= 15 is 0 Å². The Kier molecular flexibility index (Phi) is 4.49. The minimum absolute atomic E-state index is 0.305. The molecule has 1 saturated heterocycles. The van der Waals surface area contributed by atoms with Gasteiger partial charge in [-0.15, -0.1) is 0 Å². The van der Waals surface area contributed by atoms with Crippen LogP contribution in [-0.4, -0.2) is 46.5 Å². The Bertz CT molecular complexity index is 582. The number of rotatable bonds is 3. The van der Waals surface area contributed by atoms with Crippen LogP contribution < -0.4 is 0 Å². The highest BCUT2D eigenvalue weighted by atomic mass is 16.2. The second-order valence-corrected chi connectivity index (χ2v) is 6.54. The van der Waals surface area contributed by atoms with Gasteiger partial charge in [0.1, 0.15) is 11.8 Å². The Morgan fingerprint density at radius 1 is 1.27 bits per heavy atom. The van der Waals surface area contributed by atoms with Gasteiger partial charge in [0.15, 0.2) is 0 Å². The molecule has 0 bridgehead atoms. The van der Waals surface area contributed by atoms with E-state index in [4.69, 9.17) is 5.26 Å². The molecule has 2 fully saturated rings. The predicted octanol–water partition coefficient (Wildman–Crippen LogP) is 1.73. The van der Waals surface area contributed by atoms with Crippen molar-refractivity contribution < 1.29 is 4.79 Å². The number of amides is 1. The average Bonchev–Trinajstić information content (AvgIpc) is 2.65. The van der Waals surface area contributed by atoms with Crippen molar-refractivity contribution in [3.8, 4) is 6.07 Å². The van der Waals surface area contributed by atoms with Gasteiger partial charge < -0.3 is 9.47 Å². The molecule has 0 radical (unpaired) electrons. The summed E-state index contributed by atoms with van der Waals surface area (Å²) in [5.41, 5.74) is 1.88. The van der Waals surface area contributed by atoms with E-state index < -0.39 is 0 Å². The van der Waals surface area contributed by atoms with E-state index in [-0.39, 0.29) is 0 Å². The molecule has 0 unspecified atom stereocenters. The van der Waals surface area contributed by atoms with Gasteiger partial charge in [-0.1, -0.05) is 6.42 Å². The zero-order valence-corrected chi connectivity index (χ0v) is 13.3. The quantitative estimate of drug-likeness (QED) is 0.854. The standard InChI is InChI=1S/C17H24N4O/c1-19-12-14(10-16(19)11-18)13-20-6-3-7-21(9-8-20)17(22)15-4-2-5-15/h10,12,15H,2-9,13H2,1H3. The molecule has 0 spiro atoms. The van der Waals surface area contributed by atoms with Gasteiger partial charge in [0, 0.05) is 51.9 Å². The lowest BCUT2D eigenvalue weighted by Crippen LogP contribution is -2.41. The van der Waals surface area contributed by atoms with Gasteiger partial charge in [-0.2, -0.15) is 5.26 Å². The van der Waals surface area contributed by atoms with Crippen LogP contribution in [0.15, 0.2) is 12.3 Å². The Labute approximate surface area is 132 Å². The normalized spacial score (nSPS) is 20.3. The van der Waals surface area contributed by atoms with Crippen molar-refractivity contribution in [2.45, 2.75) is 32.2 Å². The van der Waals surface area contributed by atoms with E-state index in [1.807, 2.05) is 23.9 Å². The van der Waals surface area contributed by atoms with Crippen LogP contribution in [0.2, 0.25) is 0 Å². The summed E-state index contributed by atoms with van der Waals surface area (Å²) in [6.45, 7) is 4.54. The first-order chi connectivity index (χ1) is 10.7. The fraction of sp³-hybridized carbons (Fsp3) is 0.647. The Hall–Kier alpha value is -1.80. The highest BCUT2D eigenvalue weighted by Gasteiger charge is 2.30. The number of carbonyl (C=O) groups excluding carboxylic acids is 1. The average molecular weight is 300 g/mol. The minimum Gasteiger partial charge on any atom is -0.342 e. The molecule has 5 nitrogen and oxygen atoms in total. The summed E-state index contributed by atoms with van der Waals surface area (Å²) >= 11 is 0. The van der Waals surface area contributed by atoms with Crippen molar-refractivity contribution >= 4 is 5.91 Å². The van der Waals surface area contributed by atoms with Crippen molar-refractivity contribution in [3.63, 3.8) is 0 Å². The van der Waals surface area contributed by atoms with Gasteiger partial charge in [-0.05, 0) is 30.9 Å². The van der Waals surface area contributed by atoms with Gasteiger partial charge in [-0.3, -0.25) is 9.69 Å². The van der Waals surface area contributed by atoms with Gasteiger partial charge in [0.05, 0.1) is 0 Å². The van der Waals surface area contributed by atoms with Gasteiger partial charge in [-0.25, -0.2) is 0 Å². The summed E-state index contributed by atoms with van der Waals surface area (Å²) in [5, 5.41) is 9.03. The van der Waals surface area contributed by atoms with Crippen LogP contribution in [0.1, 0.15) is 36.9 Å². The van der Waals surface area contributed by atoms with Crippen LogP contribution in [0.5, 0.6) is 0 Å². The van der Waals surface area contributed by atoms with E-state index in [9.17, 15) is 4.79 Å². The SMILES string of the molecule is Cn1cc(CN2CCCN(C(=O)C3CCC3)CC2)cc1C#N. The third kappa shape index (κ3) is 3.17. The molecule has 3 rings (SSSR count). The number of nitrogens with zero attached hydrogens (tertiary/aromatic N) is 4. The molecule has 22 heavy (non-hydrogen) atoms. The van der Waals surface area contributed by atoms with Crippen LogP contribution in [0.4, 0.5) is 0 Å². The van der Waals surface area contributed by atoms with E-state index in [0.29, 0.717) is 17.5 Å². The second kappa shape index (κ2) is 6.53. The molecule has 2 aliphatic rings. The first kappa shape index (κ1) is 15.1. The summed E-state index contributed by atoms with van der Waals surface area (Å²) in [5.74, 6) is 0.679. The second-order valence-electron chi connectivity index (χ2n) is 6.54. The molecule has 2 heterocycles. The molecule has 1 aromatic heterocycles. The highest BCUT2D eigenvalue weighted by Crippen LogP contribution is 2.28. The van der Waals surface area contributed by atoms with E-state index in [0.717, 1.165) is 52.0 Å². The van der Waals surface area contributed by atoms with Gasteiger partial charge in [0.25, 0.3) is 0 Å². The zero-order valence-electron chi connectivity index (χ0n) is 13.3. The van der Waals surface area contributed by atoms with Crippen LogP contribution >= 0.6 is 0 Å². The van der Waals surface area contributed by atoms with Crippen molar-refractivity contribution in [2.24, 2.45) is 13.0 Å². The minimum atomic E-state index is 0.305. The molecule has 1 aliphatic heterocycles. The largest absolute Gasteiger partial charge is 0.342 e. The van der Waals surface area contributed by atoms with Crippen molar-refractivity contribution in [2.75, 3.05) is 26.2 Å². The Morgan fingerprint density at radius 2 is 2.09 bits per heavy atom. The summed E-state index contributed by atoms with van der Waals surface area (Å²) in [7, 11) is 1.91. The van der Waals surface area contributed by atoms with E-state index in [2.05, 4.69) is 15.9 Å². The lowest BCUT2D eigenvalue weighted by Gasteiger charge is -2.31. The molecule has 5 heteroatoms. The maximum absolute atomic E-state index is 12.4. The van der Waals surface area contributed by atoms with Crippen LogP contribution in [0, 0.1) is 17.2 Å². The third-order valence-corrected chi connectivity index (χ3v) is 4.94. The van der Waals surface area contributed by atoms with Crippen LogP contribution in [-0.2, 0) is 18.4 Å². The molecule has 0 atom stereocenters. The first-order valence-electron chi connectivity index (χ1n) is 8.24. The lowest BCUT2D eigenvalue weighted by molar-refractivity contribution is -0.138. The Morgan fingerprint density at radius 3 is 2.73 bits per heavy atom. The van der Waals surface area contributed by atoms with Crippen molar-refractivity contribution in [3.05, 3.63) is 23.5 Å². The molecule has 0 N–H and O–H groups in total. The number of hydrogen-bond donors (Lipinski definition) is 0. The summed E-state index contributed by atoms with van der Waals surface area (Å²) in [6.07, 6.45) is 6.45. The summed E-state index contributed by atoms with van der Waals surface area (Å²) in [4.78, 5) is 16.8. The molecule has 1 aliphatic carbocycles. The first-order valence-corrected chi connectivity index (χ1v) is 8.24. The third-order valence-electron chi connectivity index (χ3n) is 4.94. The fourth-order valence-corrected chi connectivity index (χ4v) is 3.35. The molecule has 0 aromatic carbocycles. The Balaban J connectivity index is 1.55.